The Labute approximate surface area is 151 Å². The summed E-state index contributed by atoms with van der Waals surface area (Å²) in [6.45, 7) is 0.227. The van der Waals surface area contributed by atoms with Crippen LogP contribution in [0.1, 0.15) is 35.2 Å². The first-order chi connectivity index (χ1) is 12.6. The number of unbranched alkanes of at least 4 members (excludes halogenated alkanes) is 1. The van der Waals surface area contributed by atoms with Crippen LogP contribution in [0.3, 0.4) is 0 Å². The molecule has 2 rings (SSSR count). The van der Waals surface area contributed by atoms with Crippen molar-refractivity contribution in [2.75, 3.05) is 0 Å². The molecule has 0 aliphatic carbocycles. The van der Waals surface area contributed by atoms with Gasteiger partial charge < -0.3 is 15.4 Å². The Kier molecular flexibility index (Phi) is 7.49. The monoisotopic (exact) mass is 356 g/mol. The number of rotatable bonds is 9. The van der Waals surface area contributed by atoms with Crippen LogP contribution in [0.25, 0.3) is 0 Å². The maximum atomic E-state index is 12.9. The zero-order valence-electron chi connectivity index (χ0n) is 14.3. The van der Waals surface area contributed by atoms with Gasteiger partial charge in [0.15, 0.2) is 0 Å². The van der Waals surface area contributed by atoms with Gasteiger partial charge in [0.05, 0.1) is 0 Å². The van der Waals surface area contributed by atoms with Gasteiger partial charge in [0.1, 0.15) is 18.1 Å². The molecule has 2 aromatic rings. The second-order valence-corrected chi connectivity index (χ2v) is 5.83. The summed E-state index contributed by atoms with van der Waals surface area (Å²) >= 11 is 0. The van der Waals surface area contributed by atoms with E-state index in [0.29, 0.717) is 24.8 Å². The molecule has 2 N–H and O–H groups in total. The van der Waals surface area contributed by atoms with Crippen LogP contribution >= 0.6 is 0 Å². The van der Waals surface area contributed by atoms with Gasteiger partial charge in [-0.3, -0.25) is 9.59 Å². The molecule has 0 saturated heterocycles. The molecule has 2 amide bonds. The van der Waals surface area contributed by atoms with Crippen molar-refractivity contribution >= 4 is 18.1 Å². The van der Waals surface area contributed by atoms with Crippen LogP contribution in [-0.4, -0.2) is 24.1 Å². The maximum Gasteiger partial charge on any atom is 0.251 e. The Balaban J connectivity index is 1.97. The van der Waals surface area contributed by atoms with E-state index in [-0.39, 0.29) is 24.2 Å². The summed E-state index contributed by atoms with van der Waals surface area (Å²) in [5.41, 5.74) is 1.21. The van der Waals surface area contributed by atoms with Crippen LogP contribution in [0.2, 0.25) is 0 Å². The molecule has 0 bridgehead atoms. The van der Waals surface area contributed by atoms with Gasteiger partial charge >= 0.3 is 0 Å². The number of carbonyl (C=O) groups excluding carboxylic acids is 3. The second-order valence-electron chi connectivity index (χ2n) is 5.83. The van der Waals surface area contributed by atoms with E-state index in [4.69, 9.17) is 0 Å². The van der Waals surface area contributed by atoms with Gasteiger partial charge in [-0.15, -0.1) is 0 Å². The highest BCUT2D eigenvalue weighted by Gasteiger charge is 2.20. The highest BCUT2D eigenvalue weighted by Crippen LogP contribution is 2.06. The number of hydrogen-bond acceptors (Lipinski definition) is 3. The predicted molar refractivity (Wildman–Crippen MR) is 95.9 cm³/mol. The molecule has 26 heavy (non-hydrogen) atoms. The molecule has 0 heterocycles. The van der Waals surface area contributed by atoms with Gasteiger partial charge in [-0.05, 0) is 42.7 Å². The lowest BCUT2D eigenvalue weighted by atomic mass is 10.1. The van der Waals surface area contributed by atoms with E-state index in [1.807, 2.05) is 0 Å². The van der Waals surface area contributed by atoms with Crippen LogP contribution in [0, 0.1) is 5.82 Å². The molecule has 0 aromatic heterocycles. The van der Waals surface area contributed by atoms with Crippen molar-refractivity contribution in [3.05, 3.63) is 71.5 Å². The molecule has 0 aliphatic heterocycles. The fraction of sp³-hybridized carbons (Fsp3) is 0.250. The summed E-state index contributed by atoms with van der Waals surface area (Å²) in [4.78, 5) is 35.3. The van der Waals surface area contributed by atoms with Crippen LogP contribution in [0.4, 0.5) is 4.39 Å². The number of amides is 2. The molecule has 6 heteroatoms. The molecule has 0 spiro atoms. The lowest BCUT2D eigenvalue weighted by molar-refractivity contribution is -0.123. The summed E-state index contributed by atoms with van der Waals surface area (Å²) in [5, 5.41) is 5.45. The Hall–Kier alpha value is -3.02. The van der Waals surface area contributed by atoms with Crippen molar-refractivity contribution in [3.63, 3.8) is 0 Å². The number of nitrogens with one attached hydrogen (secondary N) is 2. The molecule has 0 aliphatic rings. The van der Waals surface area contributed by atoms with Crippen LogP contribution in [0.15, 0.2) is 54.6 Å². The third-order valence-corrected chi connectivity index (χ3v) is 3.85. The van der Waals surface area contributed by atoms with E-state index in [9.17, 15) is 18.8 Å². The van der Waals surface area contributed by atoms with E-state index in [1.54, 1.807) is 42.5 Å². The average Bonchev–Trinajstić information content (AvgIpc) is 2.67. The van der Waals surface area contributed by atoms with Gasteiger partial charge in [0.25, 0.3) is 5.91 Å². The number of halogens is 1. The van der Waals surface area contributed by atoms with E-state index in [2.05, 4.69) is 10.6 Å². The van der Waals surface area contributed by atoms with Crippen molar-refractivity contribution in [1.82, 2.24) is 10.6 Å². The average molecular weight is 356 g/mol. The molecule has 0 radical (unpaired) electrons. The number of aldehydes is 1. The van der Waals surface area contributed by atoms with Crippen LogP contribution in [-0.2, 0) is 16.1 Å². The minimum Gasteiger partial charge on any atom is -0.350 e. The Morgan fingerprint density at radius 3 is 2.38 bits per heavy atom. The van der Waals surface area contributed by atoms with Crippen LogP contribution in [0.5, 0.6) is 0 Å². The van der Waals surface area contributed by atoms with E-state index in [1.165, 1.54) is 12.1 Å². The summed E-state index contributed by atoms with van der Waals surface area (Å²) in [7, 11) is 0. The fourth-order valence-electron chi connectivity index (χ4n) is 2.42. The zero-order chi connectivity index (χ0) is 18.8. The Morgan fingerprint density at radius 1 is 1.04 bits per heavy atom. The first-order valence-electron chi connectivity index (χ1n) is 8.42. The second kappa shape index (κ2) is 10.1. The molecular weight excluding hydrogens is 335 g/mol. The Morgan fingerprint density at radius 2 is 1.73 bits per heavy atom. The molecule has 0 fully saturated rings. The smallest absolute Gasteiger partial charge is 0.251 e. The van der Waals surface area contributed by atoms with Crippen molar-refractivity contribution in [2.45, 2.75) is 31.8 Å². The maximum absolute atomic E-state index is 12.9. The number of hydrogen-bond donors (Lipinski definition) is 2. The molecule has 0 saturated carbocycles. The van der Waals surface area contributed by atoms with Crippen molar-refractivity contribution < 1.29 is 18.8 Å². The van der Waals surface area contributed by atoms with Gasteiger partial charge in [0.2, 0.25) is 5.91 Å². The molecule has 1 unspecified atom stereocenters. The van der Waals surface area contributed by atoms with E-state index < -0.39 is 6.04 Å². The lowest BCUT2D eigenvalue weighted by Gasteiger charge is -2.18. The summed E-state index contributed by atoms with van der Waals surface area (Å²) < 4.78 is 12.9. The summed E-state index contributed by atoms with van der Waals surface area (Å²) in [6, 6.07) is 13.7. The highest BCUT2D eigenvalue weighted by atomic mass is 19.1. The van der Waals surface area contributed by atoms with Crippen LogP contribution < -0.4 is 10.6 Å². The number of benzene rings is 2. The van der Waals surface area contributed by atoms with E-state index in [0.717, 1.165) is 11.8 Å². The van der Waals surface area contributed by atoms with Gasteiger partial charge in [-0.2, -0.15) is 0 Å². The largest absolute Gasteiger partial charge is 0.350 e. The van der Waals surface area contributed by atoms with E-state index >= 15 is 0 Å². The lowest BCUT2D eigenvalue weighted by Crippen LogP contribution is -2.46. The first kappa shape index (κ1) is 19.3. The standard InChI is InChI=1S/C20H21FN2O3/c21-17-11-9-15(10-12-17)14-22-20(26)18(8-4-5-13-24)23-19(25)16-6-2-1-3-7-16/h1-3,6-7,9-13,18H,4-5,8,14H2,(H,22,26)(H,23,25). The first-order valence-corrected chi connectivity index (χ1v) is 8.42. The Bertz CT molecular complexity index is 732. The van der Waals surface area contributed by atoms with Crippen molar-refractivity contribution in [2.24, 2.45) is 0 Å². The summed E-state index contributed by atoms with van der Waals surface area (Å²) in [5.74, 6) is -1.04. The molecular formula is C20H21FN2O3. The van der Waals surface area contributed by atoms with Crippen molar-refractivity contribution in [1.29, 1.82) is 0 Å². The molecule has 5 nitrogen and oxygen atoms in total. The molecule has 1 atom stereocenters. The van der Waals surface area contributed by atoms with Gasteiger partial charge in [-0.1, -0.05) is 30.3 Å². The third kappa shape index (κ3) is 6.12. The summed E-state index contributed by atoms with van der Waals surface area (Å²) in [6.07, 6.45) is 1.95. The molecule has 136 valence electrons. The van der Waals surface area contributed by atoms with Crippen molar-refractivity contribution in [3.8, 4) is 0 Å². The number of carbonyl (C=O) groups is 3. The minimum absolute atomic E-state index is 0.227. The molecule has 2 aromatic carbocycles. The normalized spacial score (nSPS) is 11.4. The zero-order valence-corrected chi connectivity index (χ0v) is 14.3. The quantitative estimate of drug-likeness (QED) is 0.536. The predicted octanol–water partition coefficient (Wildman–Crippen LogP) is 2.61. The highest BCUT2D eigenvalue weighted by molar-refractivity contribution is 5.97. The SMILES string of the molecule is O=CCCCC(NC(=O)c1ccccc1)C(=O)NCc1ccc(F)cc1. The third-order valence-electron chi connectivity index (χ3n) is 3.85. The van der Waals surface area contributed by atoms with Gasteiger partial charge in [-0.25, -0.2) is 4.39 Å². The van der Waals surface area contributed by atoms with Gasteiger partial charge in [0, 0.05) is 18.5 Å². The topological polar surface area (TPSA) is 75.3 Å². The fourth-order valence-corrected chi connectivity index (χ4v) is 2.42. The minimum atomic E-state index is -0.747.